The smallest absolute Gasteiger partial charge is 0.393 e. The number of nitrogens with one attached hydrogen (secondary N) is 1. The van der Waals surface area contributed by atoms with Crippen LogP contribution in [0.25, 0.3) is 0 Å². The molecule has 4 nitrogen and oxygen atoms in total. The topological polar surface area (TPSA) is 52.6 Å². The van der Waals surface area contributed by atoms with E-state index in [1.165, 1.54) is 23.1 Å². The molecule has 0 spiro atoms. The average molecular weight is 492 g/mol. The van der Waals surface area contributed by atoms with E-state index >= 15 is 0 Å². The normalized spacial score (nSPS) is 19.3. The van der Waals surface area contributed by atoms with Gasteiger partial charge in [-0.25, -0.2) is 9.18 Å². The Morgan fingerprint density at radius 2 is 1.68 bits per heavy atom. The predicted molar refractivity (Wildman–Crippen MR) is 109 cm³/mol. The van der Waals surface area contributed by atoms with E-state index < -0.39 is 47.5 Å². The van der Waals surface area contributed by atoms with E-state index in [-0.39, 0.29) is 37.6 Å². The van der Waals surface area contributed by atoms with Gasteiger partial charge in [0.15, 0.2) is 0 Å². The Balaban J connectivity index is 1.73. The number of halogens is 7. The van der Waals surface area contributed by atoms with Gasteiger partial charge in [-0.05, 0) is 73.2 Å². The standard InChI is InChI=1S/C23H23F7N2O2/c1-13-8-17(24)2-3-19(13)20-12-18(33)5-7-32(20)21(34)31-6-4-14-9-15(22(25,26)27)11-16(10-14)23(28,29)30/h2-3,8-11,18,20,33H,4-7,12H2,1H3,(H,31,34). The summed E-state index contributed by atoms with van der Waals surface area (Å²) in [5.74, 6) is -0.451. The van der Waals surface area contributed by atoms with Gasteiger partial charge in [-0.15, -0.1) is 0 Å². The highest BCUT2D eigenvalue weighted by atomic mass is 19.4. The summed E-state index contributed by atoms with van der Waals surface area (Å²) in [4.78, 5) is 14.2. The minimum atomic E-state index is -4.95. The molecule has 2 N–H and O–H groups in total. The third kappa shape index (κ3) is 6.19. The molecule has 1 heterocycles. The Morgan fingerprint density at radius 3 is 2.24 bits per heavy atom. The number of carbonyl (C=O) groups excluding carboxylic acids is 1. The van der Waals surface area contributed by atoms with Crippen LogP contribution < -0.4 is 5.32 Å². The summed E-state index contributed by atoms with van der Waals surface area (Å²) in [6.07, 6.45) is -10.3. The molecule has 186 valence electrons. The van der Waals surface area contributed by atoms with Crippen molar-refractivity contribution in [3.05, 3.63) is 70.0 Å². The van der Waals surface area contributed by atoms with Crippen LogP contribution in [-0.2, 0) is 18.8 Å². The van der Waals surface area contributed by atoms with Crippen LogP contribution in [0.2, 0.25) is 0 Å². The maximum absolute atomic E-state index is 13.5. The minimum absolute atomic E-state index is 0.0523. The van der Waals surface area contributed by atoms with Crippen molar-refractivity contribution >= 4 is 6.03 Å². The monoisotopic (exact) mass is 492 g/mol. The minimum Gasteiger partial charge on any atom is -0.393 e. The summed E-state index contributed by atoms with van der Waals surface area (Å²) in [6, 6.07) is 4.24. The van der Waals surface area contributed by atoms with Crippen molar-refractivity contribution in [2.45, 2.75) is 50.7 Å². The zero-order valence-corrected chi connectivity index (χ0v) is 18.1. The molecule has 0 saturated carbocycles. The summed E-state index contributed by atoms with van der Waals surface area (Å²) in [6.45, 7) is 1.64. The van der Waals surface area contributed by atoms with Gasteiger partial charge in [0.05, 0.1) is 23.3 Å². The molecule has 0 radical (unpaired) electrons. The Labute approximate surface area is 191 Å². The molecule has 0 aromatic heterocycles. The number of alkyl halides is 6. The lowest BCUT2D eigenvalue weighted by Crippen LogP contribution is -2.47. The third-order valence-electron chi connectivity index (χ3n) is 5.76. The van der Waals surface area contributed by atoms with Gasteiger partial charge in [0.25, 0.3) is 0 Å². The van der Waals surface area contributed by atoms with Gasteiger partial charge >= 0.3 is 18.4 Å². The average Bonchev–Trinajstić information content (AvgIpc) is 2.72. The maximum Gasteiger partial charge on any atom is 0.416 e. The van der Waals surface area contributed by atoms with Crippen molar-refractivity contribution in [2.75, 3.05) is 13.1 Å². The largest absolute Gasteiger partial charge is 0.416 e. The molecule has 0 aliphatic carbocycles. The van der Waals surface area contributed by atoms with E-state index in [1.54, 1.807) is 6.92 Å². The van der Waals surface area contributed by atoms with Crippen LogP contribution in [0, 0.1) is 12.7 Å². The van der Waals surface area contributed by atoms with E-state index in [4.69, 9.17) is 0 Å². The molecule has 2 unspecified atom stereocenters. The number of rotatable bonds is 4. The molecule has 2 aromatic rings. The zero-order valence-electron chi connectivity index (χ0n) is 18.1. The number of likely N-dealkylation sites (tertiary alicyclic amines) is 1. The van der Waals surface area contributed by atoms with Gasteiger partial charge in [0.1, 0.15) is 5.82 Å². The number of hydrogen-bond acceptors (Lipinski definition) is 2. The highest BCUT2D eigenvalue weighted by Crippen LogP contribution is 2.37. The fourth-order valence-electron chi connectivity index (χ4n) is 4.08. The van der Waals surface area contributed by atoms with Crippen molar-refractivity contribution in [1.82, 2.24) is 10.2 Å². The van der Waals surface area contributed by atoms with Crippen LogP contribution in [-0.4, -0.2) is 35.2 Å². The molecule has 1 aliphatic rings. The highest BCUT2D eigenvalue weighted by molar-refractivity contribution is 5.75. The van der Waals surface area contributed by atoms with Crippen molar-refractivity contribution in [1.29, 1.82) is 0 Å². The summed E-state index contributed by atoms with van der Waals surface area (Å²) >= 11 is 0. The van der Waals surface area contributed by atoms with Gasteiger partial charge in [0.2, 0.25) is 0 Å². The molecule has 11 heteroatoms. The number of aryl methyl sites for hydroxylation is 1. The van der Waals surface area contributed by atoms with E-state index in [0.29, 0.717) is 29.7 Å². The van der Waals surface area contributed by atoms with Gasteiger partial charge < -0.3 is 15.3 Å². The van der Waals surface area contributed by atoms with Gasteiger partial charge in [0, 0.05) is 13.1 Å². The second-order valence-corrected chi connectivity index (χ2v) is 8.28. The lowest BCUT2D eigenvalue weighted by Gasteiger charge is -2.38. The van der Waals surface area contributed by atoms with E-state index in [9.17, 15) is 40.6 Å². The van der Waals surface area contributed by atoms with Crippen LogP contribution >= 0.6 is 0 Å². The number of amides is 2. The molecule has 2 atom stereocenters. The second kappa shape index (κ2) is 9.81. The second-order valence-electron chi connectivity index (χ2n) is 8.28. The van der Waals surface area contributed by atoms with Crippen LogP contribution in [0.1, 0.15) is 46.7 Å². The third-order valence-corrected chi connectivity index (χ3v) is 5.76. The van der Waals surface area contributed by atoms with Gasteiger partial charge in [-0.3, -0.25) is 0 Å². The maximum atomic E-state index is 13.5. The Bertz CT molecular complexity index is 1000. The molecular weight excluding hydrogens is 469 g/mol. The Hall–Kier alpha value is -2.82. The van der Waals surface area contributed by atoms with Crippen molar-refractivity contribution in [3.63, 3.8) is 0 Å². The quantitative estimate of drug-likeness (QED) is 0.545. The number of carbonyl (C=O) groups is 1. The van der Waals surface area contributed by atoms with Crippen LogP contribution in [0.4, 0.5) is 35.5 Å². The number of aliphatic hydroxyl groups is 1. The Kier molecular flexibility index (Phi) is 7.44. The first-order chi connectivity index (χ1) is 15.8. The first-order valence-electron chi connectivity index (χ1n) is 10.5. The predicted octanol–water partition coefficient (Wildman–Crippen LogP) is 5.62. The van der Waals surface area contributed by atoms with Crippen molar-refractivity contribution in [3.8, 4) is 0 Å². The first-order valence-corrected chi connectivity index (χ1v) is 10.5. The van der Waals surface area contributed by atoms with Crippen LogP contribution in [0.3, 0.4) is 0 Å². The van der Waals surface area contributed by atoms with Crippen molar-refractivity contribution in [2.24, 2.45) is 0 Å². The molecule has 3 rings (SSSR count). The first kappa shape index (κ1) is 25.8. The summed E-state index contributed by atoms with van der Waals surface area (Å²) in [5.41, 5.74) is -1.83. The lowest BCUT2D eigenvalue weighted by atomic mass is 9.91. The molecule has 34 heavy (non-hydrogen) atoms. The Morgan fingerprint density at radius 1 is 1.06 bits per heavy atom. The summed E-state index contributed by atoms with van der Waals surface area (Å²) < 4.78 is 91.7. The molecule has 2 aromatic carbocycles. The number of nitrogens with zero attached hydrogens (tertiary/aromatic N) is 1. The van der Waals surface area contributed by atoms with E-state index in [2.05, 4.69) is 5.32 Å². The molecule has 1 saturated heterocycles. The van der Waals surface area contributed by atoms with Crippen LogP contribution in [0.5, 0.6) is 0 Å². The fraction of sp³-hybridized carbons (Fsp3) is 0.435. The number of benzene rings is 2. The van der Waals surface area contributed by atoms with E-state index in [0.717, 1.165) is 0 Å². The molecule has 1 fully saturated rings. The van der Waals surface area contributed by atoms with Crippen molar-refractivity contribution < 1.29 is 40.6 Å². The highest BCUT2D eigenvalue weighted by Gasteiger charge is 2.37. The van der Waals surface area contributed by atoms with Gasteiger partial charge in [-0.1, -0.05) is 6.07 Å². The molecular formula is C23H23F7N2O2. The summed E-state index contributed by atoms with van der Waals surface area (Å²) in [7, 11) is 0. The number of urea groups is 1. The van der Waals surface area contributed by atoms with Gasteiger partial charge in [-0.2, -0.15) is 26.3 Å². The van der Waals surface area contributed by atoms with E-state index in [1.807, 2.05) is 0 Å². The number of aliphatic hydroxyl groups excluding tert-OH is 1. The van der Waals surface area contributed by atoms with Crippen LogP contribution in [0.15, 0.2) is 36.4 Å². The number of hydrogen-bond donors (Lipinski definition) is 2. The SMILES string of the molecule is Cc1cc(F)ccc1C1CC(O)CCN1C(=O)NCCc1cc(C(F)(F)F)cc(C(F)(F)F)c1. The molecule has 0 bridgehead atoms. The lowest BCUT2D eigenvalue weighted by molar-refractivity contribution is -0.143. The molecule has 1 aliphatic heterocycles. The molecule has 2 amide bonds. The number of piperidine rings is 1. The summed E-state index contributed by atoms with van der Waals surface area (Å²) in [5, 5.41) is 12.6. The zero-order chi connectivity index (χ0) is 25.3. The fourth-order valence-corrected chi connectivity index (χ4v) is 4.08.